The molecule has 3 atom stereocenters. The summed E-state index contributed by atoms with van der Waals surface area (Å²) in [4.78, 5) is 37.2. The topological polar surface area (TPSA) is 70.9 Å². The van der Waals surface area contributed by atoms with Crippen LogP contribution in [0.15, 0.2) is 40.5 Å². The highest BCUT2D eigenvalue weighted by atomic mass is 32.2. The third-order valence-corrected chi connectivity index (χ3v) is 10.2. The molecule has 0 radical (unpaired) electrons. The Morgan fingerprint density at radius 2 is 1.81 bits per heavy atom. The summed E-state index contributed by atoms with van der Waals surface area (Å²) in [5.74, 6) is -2.04. The number of benzene rings is 2. The van der Waals surface area contributed by atoms with Crippen LogP contribution in [0.25, 0.3) is 22.0 Å². The quantitative estimate of drug-likeness (QED) is 0.426. The van der Waals surface area contributed by atoms with Gasteiger partial charge in [0, 0.05) is 85.1 Å². The van der Waals surface area contributed by atoms with Gasteiger partial charge in [-0.2, -0.15) is 4.98 Å². The van der Waals surface area contributed by atoms with E-state index >= 15 is 8.78 Å². The fourth-order valence-electron chi connectivity index (χ4n) is 6.95. The molecule has 4 aliphatic heterocycles. The summed E-state index contributed by atoms with van der Waals surface area (Å²) >= 11 is 1.47. The van der Waals surface area contributed by atoms with E-state index in [-0.39, 0.29) is 29.7 Å². The van der Waals surface area contributed by atoms with Crippen molar-refractivity contribution in [3.8, 4) is 11.1 Å². The predicted molar refractivity (Wildman–Crippen MR) is 154 cm³/mol. The summed E-state index contributed by atoms with van der Waals surface area (Å²) < 4.78 is 51.9. The standard InChI is InChI=1S/C30H30F3N5O3S/c1-3-24(39)35-4-6-36(7-5-35)29-21-8-16(2)25(26-22(32)9-17(31)10-23(26)33)28-27(21)38(30(40)34-29)12-19(15-42-28)37-13-20-11-18(37)14-41-20/h3,8-10,18-20H,1,4-7,11-15H2,2H3/t18-,19?,20-/m0/s1. The Bertz CT molecular complexity index is 1670. The average molecular weight is 598 g/mol. The number of fused-ring (bicyclic) bond motifs is 2. The number of anilines is 1. The number of thioether (sulfide) groups is 1. The lowest BCUT2D eigenvalue weighted by Crippen LogP contribution is -2.49. The van der Waals surface area contributed by atoms with E-state index in [1.807, 2.05) is 11.0 Å². The number of rotatable bonds is 4. The second-order valence-electron chi connectivity index (χ2n) is 11.4. The van der Waals surface area contributed by atoms with Crippen molar-refractivity contribution in [3.63, 3.8) is 0 Å². The van der Waals surface area contributed by atoms with Gasteiger partial charge in [0.15, 0.2) is 0 Å². The molecule has 0 spiro atoms. The molecule has 0 saturated carbocycles. The number of aromatic nitrogens is 2. The second-order valence-corrected chi connectivity index (χ2v) is 12.4. The number of hydrogen-bond donors (Lipinski definition) is 0. The highest BCUT2D eigenvalue weighted by Gasteiger charge is 2.43. The van der Waals surface area contributed by atoms with Gasteiger partial charge < -0.3 is 14.5 Å². The summed E-state index contributed by atoms with van der Waals surface area (Å²) in [6.45, 7) is 8.97. The maximum atomic E-state index is 15.3. The van der Waals surface area contributed by atoms with Crippen molar-refractivity contribution in [3.05, 3.63) is 64.4 Å². The number of nitrogens with zero attached hydrogens (tertiary/aromatic N) is 5. The molecule has 2 bridgehead atoms. The van der Waals surface area contributed by atoms with Crippen LogP contribution in [0.3, 0.4) is 0 Å². The first-order chi connectivity index (χ1) is 20.2. The van der Waals surface area contributed by atoms with Crippen molar-refractivity contribution in [2.75, 3.05) is 50.0 Å². The van der Waals surface area contributed by atoms with Crippen molar-refractivity contribution < 1.29 is 22.7 Å². The Kier molecular flexibility index (Phi) is 6.82. The molecule has 0 N–H and O–H groups in total. The molecule has 5 heterocycles. The maximum absolute atomic E-state index is 15.3. The smallest absolute Gasteiger partial charge is 0.350 e. The molecule has 3 saturated heterocycles. The number of hydrogen-bond acceptors (Lipinski definition) is 7. The van der Waals surface area contributed by atoms with Crippen LogP contribution in [0.1, 0.15) is 12.0 Å². The van der Waals surface area contributed by atoms with Crippen LogP contribution in [0, 0.1) is 24.4 Å². The summed E-state index contributed by atoms with van der Waals surface area (Å²) in [6, 6.07) is 3.45. The molecular formula is C30H30F3N5O3S. The van der Waals surface area contributed by atoms with Crippen molar-refractivity contribution in [2.24, 2.45) is 0 Å². The van der Waals surface area contributed by atoms with Gasteiger partial charge in [-0.1, -0.05) is 6.58 Å². The van der Waals surface area contributed by atoms with E-state index in [4.69, 9.17) is 4.74 Å². The molecule has 2 aromatic carbocycles. The Morgan fingerprint density at radius 1 is 1.07 bits per heavy atom. The van der Waals surface area contributed by atoms with Crippen molar-refractivity contribution in [2.45, 2.75) is 43.0 Å². The van der Waals surface area contributed by atoms with Gasteiger partial charge in [0.25, 0.3) is 0 Å². The summed E-state index contributed by atoms with van der Waals surface area (Å²) in [6.07, 6.45) is 2.41. The Labute approximate surface area is 244 Å². The van der Waals surface area contributed by atoms with Gasteiger partial charge in [0.2, 0.25) is 5.91 Å². The van der Waals surface area contributed by atoms with Crippen LogP contribution < -0.4 is 10.6 Å². The molecule has 1 unspecified atom stereocenters. The molecule has 3 aromatic rings. The number of ether oxygens (including phenoxy) is 1. The molecule has 1 amide bonds. The van der Waals surface area contributed by atoms with E-state index in [0.29, 0.717) is 90.0 Å². The minimum absolute atomic E-state index is 0.0145. The molecule has 4 aliphatic rings. The number of carbonyl (C=O) groups is 1. The average Bonchev–Trinajstić information content (AvgIpc) is 3.54. The fraction of sp³-hybridized carbons (Fsp3) is 0.433. The normalized spacial score (nSPS) is 24.0. The summed E-state index contributed by atoms with van der Waals surface area (Å²) in [5, 5.41) is 0.705. The minimum atomic E-state index is -0.993. The van der Waals surface area contributed by atoms with E-state index in [1.54, 1.807) is 16.4 Å². The number of carbonyl (C=O) groups excluding carboxylic acids is 1. The highest BCUT2D eigenvalue weighted by molar-refractivity contribution is 7.99. The molecule has 12 heteroatoms. The number of piperazine rings is 1. The van der Waals surface area contributed by atoms with Gasteiger partial charge >= 0.3 is 5.69 Å². The zero-order valence-electron chi connectivity index (χ0n) is 23.1. The lowest BCUT2D eigenvalue weighted by Gasteiger charge is -2.36. The largest absolute Gasteiger partial charge is 0.375 e. The van der Waals surface area contributed by atoms with E-state index in [0.717, 1.165) is 13.0 Å². The zero-order valence-corrected chi connectivity index (χ0v) is 23.9. The van der Waals surface area contributed by atoms with Crippen LogP contribution in [0.4, 0.5) is 19.0 Å². The molecule has 7 rings (SSSR count). The SMILES string of the molecule is C=CC(=O)N1CCN(c2nc(=O)n3c4c(c(-c5c(F)cc(F)cc5F)c(C)cc24)SCC(N2C[C@@H]4C[C@H]2CO4)C3)CC1. The van der Waals surface area contributed by atoms with Gasteiger partial charge in [-0.05, 0) is 31.1 Å². The Balaban J connectivity index is 1.40. The Morgan fingerprint density at radius 3 is 2.45 bits per heavy atom. The molecular weight excluding hydrogens is 567 g/mol. The van der Waals surface area contributed by atoms with Gasteiger partial charge in [-0.25, -0.2) is 18.0 Å². The van der Waals surface area contributed by atoms with Gasteiger partial charge in [-0.3, -0.25) is 14.3 Å². The molecule has 1 aromatic heterocycles. The van der Waals surface area contributed by atoms with Crippen molar-refractivity contribution in [1.29, 1.82) is 0 Å². The lowest BCUT2D eigenvalue weighted by atomic mass is 9.96. The van der Waals surface area contributed by atoms with Crippen molar-refractivity contribution in [1.82, 2.24) is 19.4 Å². The van der Waals surface area contributed by atoms with Crippen LogP contribution in [0.2, 0.25) is 0 Å². The van der Waals surface area contributed by atoms with Crippen molar-refractivity contribution >= 4 is 34.4 Å². The zero-order chi connectivity index (χ0) is 29.3. The lowest BCUT2D eigenvalue weighted by molar-refractivity contribution is -0.126. The molecule has 3 fully saturated rings. The van der Waals surface area contributed by atoms with Crippen LogP contribution in [-0.2, 0) is 16.1 Å². The highest BCUT2D eigenvalue weighted by Crippen LogP contribution is 2.46. The van der Waals surface area contributed by atoms with Gasteiger partial charge in [0.05, 0.1) is 23.8 Å². The predicted octanol–water partition coefficient (Wildman–Crippen LogP) is 3.57. The maximum Gasteiger partial charge on any atom is 0.350 e. The van der Waals surface area contributed by atoms with Gasteiger partial charge in [-0.15, -0.1) is 11.8 Å². The third kappa shape index (κ3) is 4.42. The van der Waals surface area contributed by atoms with Gasteiger partial charge in [0.1, 0.15) is 23.3 Å². The molecule has 220 valence electrons. The first-order valence-corrected chi connectivity index (χ1v) is 15.1. The summed E-state index contributed by atoms with van der Waals surface area (Å²) in [5.41, 5.74) is 0.744. The van der Waals surface area contributed by atoms with Crippen LogP contribution >= 0.6 is 11.8 Å². The third-order valence-electron chi connectivity index (χ3n) is 8.94. The first-order valence-electron chi connectivity index (χ1n) is 14.1. The number of likely N-dealkylation sites (tertiary alicyclic amines) is 1. The van der Waals surface area contributed by atoms with E-state index in [9.17, 15) is 14.0 Å². The Hall–Kier alpha value is -3.35. The first kappa shape index (κ1) is 27.5. The minimum Gasteiger partial charge on any atom is -0.375 e. The van der Waals surface area contributed by atoms with Crippen LogP contribution in [-0.4, -0.2) is 88.5 Å². The van der Waals surface area contributed by atoms with E-state index in [2.05, 4.69) is 16.5 Å². The number of aryl methyl sites for hydroxylation is 1. The second kappa shape index (κ2) is 10.4. The fourth-order valence-corrected chi connectivity index (χ4v) is 8.37. The molecule has 0 aliphatic carbocycles. The van der Waals surface area contributed by atoms with E-state index in [1.165, 1.54) is 17.8 Å². The number of amides is 1. The number of morpholine rings is 1. The summed E-state index contributed by atoms with van der Waals surface area (Å²) in [7, 11) is 0. The molecule has 8 nitrogen and oxygen atoms in total. The van der Waals surface area contributed by atoms with E-state index < -0.39 is 23.1 Å². The van der Waals surface area contributed by atoms with Crippen LogP contribution in [0.5, 0.6) is 0 Å². The molecule has 42 heavy (non-hydrogen) atoms. The monoisotopic (exact) mass is 597 g/mol. The number of halogens is 3.